The molecular formula is C14H16N2O5. The van der Waals surface area contributed by atoms with Crippen molar-refractivity contribution in [3.8, 4) is 11.5 Å². The summed E-state index contributed by atoms with van der Waals surface area (Å²) >= 11 is 0. The van der Waals surface area contributed by atoms with Gasteiger partial charge in [-0.05, 0) is 19.1 Å². The molecule has 1 heterocycles. The quantitative estimate of drug-likeness (QED) is 0.804. The minimum absolute atomic E-state index is 0.188. The van der Waals surface area contributed by atoms with Gasteiger partial charge in [0.1, 0.15) is 29.6 Å². The van der Waals surface area contributed by atoms with Gasteiger partial charge in [-0.2, -0.15) is 0 Å². The Morgan fingerprint density at radius 3 is 2.33 bits per heavy atom. The molecule has 0 radical (unpaired) electrons. The van der Waals surface area contributed by atoms with E-state index in [1.807, 2.05) is 0 Å². The van der Waals surface area contributed by atoms with Gasteiger partial charge in [0.15, 0.2) is 0 Å². The first-order valence-electron chi connectivity index (χ1n) is 6.35. The van der Waals surface area contributed by atoms with E-state index in [0.717, 1.165) is 0 Å². The topological polar surface area (TPSA) is 84.9 Å². The molecule has 0 aromatic heterocycles. The number of nitrogens with one attached hydrogen (secondary N) is 1. The molecule has 1 unspecified atom stereocenters. The molecule has 0 spiro atoms. The molecule has 1 aliphatic rings. The summed E-state index contributed by atoms with van der Waals surface area (Å²) < 4.78 is 10.4. The van der Waals surface area contributed by atoms with E-state index in [2.05, 4.69) is 5.32 Å². The molecule has 1 N–H and O–H groups in total. The van der Waals surface area contributed by atoms with Crippen molar-refractivity contribution in [3.63, 3.8) is 0 Å². The molecule has 0 aliphatic carbocycles. The van der Waals surface area contributed by atoms with Crippen LogP contribution in [-0.2, 0) is 9.59 Å². The zero-order chi connectivity index (χ0) is 15.6. The van der Waals surface area contributed by atoms with Gasteiger partial charge in [0, 0.05) is 0 Å². The van der Waals surface area contributed by atoms with Crippen molar-refractivity contribution in [2.45, 2.75) is 13.0 Å². The molecule has 0 bridgehead atoms. The summed E-state index contributed by atoms with van der Waals surface area (Å²) in [6.07, 6.45) is 0. The molecule has 2 rings (SSSR count). The zero-order valence-electron chi connectivity index (χ0n) is 12.0. The highest BCUT2D eigenvalue weighted by atomic mass is 16.5. The molecule has 21 heavy (non-hydrogen) atoms. The number of ether oxygens (including phenoxy) is 2. The van der Waals surface area contributed by atoms with Crippen LogP contribution in [0.3, 0.4) is 0 Å². The number of amides is 3. The average molecular weight is 292 g/mol. The minimum Gasteiger partial charge on any atom is -0.496 e. The van der Waals surface area contributed by atoms with Crippen molar-refractivity contribution in [1.82, 2.24) is 10.2 Å². The summed E-state index contributed by atoms with van der Waals surface area (Å²) in [5.74, 6) is -0.858. The first kappa shape index (κ1) is 14.8. The predicted molar refractivity (Wildman–Crippen MR) is 73.2 cm³/mol. The Bertz CT molecular complexity index is 577. The normalized spacial score (nSPS) is 18.2. The lowest BCUT2D eigenvalue weighted by Gasteiger charge is -2.32. The lowest BCUT2D eigenvalue weighted by atomic mass is 10.1. The Hall–Kier alpha value is -2.57. The second-order valence-corrected chi connectivity index (χ2v) is 4.56. The molecule has 1 saturated heterocycles. The number of nitrogens with zero attached hydrogens (tertiary/aromatic N) is 1. The monoisotopic (exact) mass is 292 g/mol. The minimum atomic E-state index is -0.746. The molecule has 1 aliphatic heterocycles. The maximum Gasteiger partial charge on any atom is 0.262 e. The Morgan fingerprint density at radius 2 is 1.81 bits per heavy atom. The van der Waals surface area contributed by atoms with E-state index in [9.17, 15) is 14.4 Å². The number of carbonyl (C=O) groups is 3. The third kappa shape index (κ3) is 2.67. The smallest absolute Gasteiger partial charge is 0.262 e. The number of methoxy groups -OCH3 is 2. The van der Waals surface area contributed by atoms with Gasteiger partial charge < -0.3 is 14.4 Å². The molecule has 1 aromatic rings. The number of benzene rings is 1. The highest BCUT2D eigenvalue weighted by Crippen LogP contribution is 2.30. The molecule has 7 heteroatoms. The van der Waals surface area contributed by atoms with Crippen LogP contribution in [0.1, 0.15) is 17.3 Å². The highest BCUT2D eigenvalue weighted by Gasteiger charge is 2.36. The second-order valence-electron chi connectivity index (χ2n) is 4.56. The summed E-state index contributed by atoms with van der Waals surface area (Å²) in [6.45, 7) is 1.37. The number of hydrogen-bond donors (Lipinski definition) is 1. The maximum absolute atomic E-state index is 12.7. The van der Waals surface area contributed by atoms with Crippen LogP contribution in [0.15, 0.2) is 18.2 Å². The van der Waals surface area contributed by atoms with Crippen LogP contribution in [0, 0.1) is 0 Å². The van der Waals surface area contributed by atoms with E-state index in [-0.39, 0.29) is 12.1 Å². The van der Waals surface area contributed by atoms with E-state index in [1.54, 1.807) is 25.1 Å². The van der Waals surface area contributed by atoms with Crippen LogP contribution in [0.5, 0.6) is 11.5 Å². The third-order valence-corrected chi connectivity index (χ3v) is 3.33. The third-order valence-electron chi connectivity index (χ3n) is 3.33. The molecule has 112 valence electrons. The van der Waals surface area contributed by atoms with E-state index in [4.69, 9.17) is 9.47 Å². The number of imide groups is 1. The molecule has 3 amide bonds. The largest absolute Gasteiger partial charge is 0.496 e. The van der Waals surface area contributed by atoms with Crippen LogP contribution in [-0.4, -0.2) is 49.4 Å². The lowest BCUT2D eigenvalue weighted by Crippen LogP contribution is -2.58. The maximum atomic E-state index is 12.7. The van der Waals surface area contributed by atoms with Gasteiger partial charge >= 0.3 is 0 Å². The van der Waals surface area contributed by atoms with Gasteiger partial charge in [-0.25, -0.2) is 0 Å². The van der Waals surface area contributed by atoms with Crippen molar-refractivity contribution in [2.24, 2.45) is 0 Å². The van der Waals surface area contributed by atoms with E-state index >= 15 is 0 Å². The van der Waals surface area contributed by atoms with Gasteiger partial charge in [0.05, 0.1) is 14.2 Å². The van der Waals surface area contributed by atoms with Crippen LogP contribution in [0.25, 0.3) is 0 Å². The van der Waals surface area contributed by atoms with Crippen molar-refractivity contribution in [1.29, 1.82) is 0 Å². The Kier molecular flexibility index (Phi) is 4.11. The number of piperazine rings is 1. The zero-order valence-corrected chi connectivity index (χ0v) is 12.0. The fourth-order valence-corrected chi connectivity index (χ4v) is 2.17. The Morgan fingerprint density at radius 1 is 1.24 bits per heavy atom. The molecule has 0 saturated carbocycles. The summed E-state index contributed by atoms with van der Waals surface area (Å²) in [5, 5.41) is 2.19. The first-order valence-corrected chi connectivity index (χ1v) is 6.35. The summed E-state index contributed by atoms with van der Waals surface area (Å²) in [5.41, 5.74) is 0.192. The lowest BCUT2D eigenvalue weighted by molar-refractivity contribution is -0.138. The summed E-state index contributed by atoms with van der Waals surface area (Å²) in [4.78, 5) is 37.0. The fraction of sp³-hybridized carbons (Fsp3) is 0.357. The molecule has 1 atom stereocenters. The van der Waals surface area contributed by atoms with E-state index in [0.29, 0.717) is 11.5 Å². The van der Waals surface area contributed by atoms with Gasteiger partial charge in [0.25, 0.3) is 5.91 Å². The van der Waals surface area contributed by atoms with Crippen molar-refractivity contribution in [2.75, 3.05) is 20.8 Å². The number of rotatable bonds is 3. The van der Waals surface area contributed by atoms with Gasteiger partial charge in [-0.15, -0.1) is 0 Å². The second kappa shape index (κ2) is 5.82. The van der Waals surface area contributed by atoms with E-state index < -0.39 is 23.8 Å². The number of hydrogen-bond acceptors (Lipinski definition) is 5. The summed E-state index contributed by atoms with van der Waals surface area (Å²) in [7, 11) is 2.87. The first-order chi connectivity index (χ1) is 9.99. The van der Waals surface area contributed by atoms with E-state index in [1.165, 1.54) is 19.1 Å². The molecule has 7 nitrogen and oxygen atoms in total. The highest BCUT2D eigenvalue weighted by molar-refractivity contribution is 6.08. The standard InChI is InChI=1S/C14H16N2O5/c1-8-13(18)15-11(17)7-16(8)14(19)12-9(20-2)5-4-6-10(12)21-3/h4-6,8H,7H2,1-3H3,(H,15,17,18). The summed E-state index contributed by atoms with van der Waals surface area (Å²) in [6, 6.07) is 4.18. The fourth-order valence-electron chi connectivity index (χ4n) is 2.17. The van der Waals surface area contributed by atoms with Crippen LogP contribution in [0.2, 0.25) is 0 Å². The van der Waals surface area contributed by atoms with Crippen molar-refractivity contribution < 1.29 is 23.9 Å². The van der Waals surface area contributed by atoms with Crippen LogP contribution < -0.4 is 14.8 Å². The van der Waals surface area contributed by atoms with Crippen molar-refractivity contribution in [3.05, 3.63) is 23.8 Å². The Labute approximate surface area is 121 Å². The SMILES string of the molecule is COc1cccc(OC)c1C(=O)N1CC(=O)NC(=O)C1C. The molecule has 1 fully saturated rings. The molecule has 1 aromatic carbocycles. The van der Waals surface area contributed by atoms with Gasteiger partial charge in [0.2, 0.25) is 11.8 Å². The van der Waals surface area contributed by atoms with Gasteiger partial charge in [-0.3, -0.25) is 19.7 Å². The molecular weight excluding hydrogens is 276 g/mol. The average Bonchev–Trinajstić information content (AvgIpc) is 2.49. The number of carbonyl (C=O) groups excluding carboxylic acids is 3. The Balaban J connectivity index is 2.44. The van der Waals surface area contributed by atoms with Crippen LogP contribution >= 0.6 is 0 Å². The van der Waals surface area contributed by atoms with Crippen molar-refractivity contribution >= 4 is 17.7 Å². The van der Waals surface area contributed by atoms with Gasteiger partial charge in [-0.1, -0.05) is 6.07 Å². The van der Waals surface area contributed by atoms with Crippen LogP contribution in [0.4, 0.5) is 0 Å². The predicted octanol–water partition coefficient (Wildman–Crippen LogP) is 0.191.